The zero-order valence-electron chi connectivity index (χ0n) is 6.11. The molecule has 0 saturated carbocycles. The van der Waals surface area contributed by atoms with E-state index in [0.717, 1.165) is 12.7 Å². The number of hydrogen-bond acceptors (Lipinski definition) is 2. The van der Waals surface area contributed by atoms with Crippen LogP contribution in [0.2, 0.25) is 0 Å². The molecule has 2 heteroatoms. The molecular weight excluding hydrogens is 112 g/mol. The maximum Gasteiger partial charge on any atom is 0.0457 e. The zero-order valence-corrected chi connectivity index (χ0v) is 6.11. The molecule has 1 fully saturated rings. The number of hydrogen-bond donors (Lipinski definition) is 2. The minimum atomic E-state index is 0.755. The van der Waals surface area contributed by atoms with Crippen LogP contribution >= 0.6 is 0 Å². The van der Waals surface area contributed by atoms with E-state index in [-0.39, 0.29) is 0 Å². The highest BCUT2D eigenvalue weighted by Crippen LogP contribution is 2.01. The van der Waals surface area contributed by atoms with Gasteiger partial charge in [0.15, 0.2) is 0 Å². The van der Waals surface area contributed by atoms with Crippen molar-refractivity contribution in [2.75, 3.05) is 13.2 Å². The summed E-state index contributed by atoms with van der Waals surface area (Å²) in [6, 6.07) is 0.755. The second-order valence-corrected chi connectivity index (χ2v) is 2.67. The summed E-state index contributed by atoms with van der Waals surface area (Å²) in [5.41, 5.74) is 0. The minimum absolute atomic E-state index is 0.755. The molecule has 1 aliphatic heterocycles. The molecule has 0 radical (unpaired) electrons. The van der Waals surface area contributed by atoms with Gasteiger partial charge in [-0.3, -0.25) is 0 Å². The standard InChI is InChI=1S/C7H16N2/c1-2-3-4-7-5-8-6-9-7/h7-9H,2-6H2,1H3. The minimum Gasteiger partial charge on any atom is -0.303 e. The summed E-state index contributed by atoms with van der Waals surface area (Å²) in [4.78, 5) is 0. The van der Waals surface area contributed by atoms with Gasteiger partial charge in [0, 0.05) is 19.3 Å². The molecule has 2 nitrogen and oxygen atoms in total. The Kier molecular flexibility index (Phi) is 3.01. The summed E-state index contributed by atoms with van der Waals surface area (Å²) in [6.07, 6.45) is 4.01. The molecular formula is C7H16N2. The predicted molar refractivity (Wildman–Crippen MR) is 39.3 cm³/mol. The molecule has 0 aromatic rings. The van der Waals surface area contributed by atoms with Gasteiger partial charge in [-0.2, -0.15) is 0 Å². The maximum absolute atomic E-state index is 3.38. The molecule has 1 aliphatic rings. The highest BCUT2D eigenvalue weighted by Gasteiger charge is 2.10. The summed E-state index contributed by atoms with van der Waals surface area (Å²) in [7, 11) is 0. The van der Waals surface area contributed by atoms with Crippen LogP contribution in [0, 0.1) is 0 Å². The average Bonchev–Trinajstić information content (AvgIpc) is 2.34. The van der Waals surface area contributed by atoms with Crippen LogP contribution in [-0.2, 0) is 0 Å². The van der Waals surface area contributed by atoms with Crippen LogP contribution in [0.25, 0.3) is 0 Å². The molecule has 9 heavy (non-hydrogen) atoms. The van der Waals surface area contributed by atoms with E-state index < -0.39 is 0 Å². The van der Waals surface area contributed by atoms with E-state index in [1.807, 2.05) is 0 Å². The van der Waals surface area contributed by atoms with Crippen LogP contribution in [0.1, 0.15) is 26.2 Å². The summed E-state index contributed by atoms with van der Waals surface area (Å²) >= 11 is 0. The van der Waals surface area contributed by atoms with Gasteiger partial charge in [0.1, 0.15) is 0 Å². The van der Waals surface area contributed by atoms with Gasteiger partial charge in [-0.05, 0) is 6.42 Å². The molecule has 0 spiro atoms. The Morgan fingerprint density at radius 3 is 3.00 bits per heavy atom. The zero-order chi connectivity index (χ0) is 6.53. The van der Waals surface area contributed by atoms with E-state index in [1.165, 1.54) is 25.8 Å². The highest BCUT2D eigenvalue weighted by molar-refractivity contribution is 4.74. The molecule has 0 bridgehead atoms. The van der Waals surface area contributed by atoms with Crippen molar-refractivity contribution in [2.24, 2.45) is 0 Å². The first-order valence-electron chi connectivity index (χ1n) is 3.87. The van der Waals surface area contributed by atoms with Gasteiger partial charge >= 0.3 is 0 Å². The van der Waals surface area contributed by atoms with Crippen molar-refractivity contribution in [3.8, 4) is 0 Å². The first kappa shape index (κ1) is 7.03. The average molecular weight is 128 g/mol. The fourth-order valence-corrected chi connectivity index (χ4v) is 1.19. The van der Waals surface area contributed by atoms with Gasteiger partial charge < -0.3 is 10.6 Å². The van der Waals surface area contributed by atoms with Crippen molar-refractivity contribution in [3.05, 3.63) is 0 Å². The first-order chi connectivity index (χ1) is 4.43. The maximum atomic E-state index is 3.38. The summed E-state index contributed by atoms with van der Waals surface area (Å²) < 4.78 is 0. The Bertz CT molecular complexity index is 67.3. The molecule has 54 valence electrons. The summed E-state index contributed by atoms with van der Waals surface area (Å²) in [5.74, 6) is 0. The molecule has 0 aliphatic carbocycles. The molecule has 0 aromatic heterocycles. The molecule has 2 N–H and O–H groups in total. The van der Waals surface area contributed by atoms with E-state index in [2.05, 4.69) is 17.6 Å². The van der Waals surface area contributed by atoms with Crippen LogP contribution < -0.4 is 10.6 Å². The second kappa shape index (κ2) is 3.85. The molecule has 1 saturated heterocycles. The van der Waals surface area contributed by atoms with E-state index in [4.69, 9.17) is 0 Å². The lowest BCUT2D eigenvalue weighted by Gasteiger charge is -2.05. The molecule has 1 heterocycles. The third kappa shape index (κ3) is 2.33. The van der Waals surface area contributed by atoms with Crippen LogP contribution in [0.4, 0.5) is 0 Å². The van der Waals surface area contributed by atoms with Crippen LogP contribution in [0.5, 0.6) is 0 Å². The SMILES string of the molecule is CCCCC1CNCN1. The normalized spacial score (nSPS) is 27.0. The van der Waals surface area contributed by atoms with Gasteiger partial charge in [0.2, 0.25) is 0 Å². The van der Waals surface area contributed by atoms with Crippen molar-refractivity contribution in [2.45, 2.75) is 32.2 Å². The Morgan fingerprint density at radius 2 is 2.44 bits per heavy atom. The monoisotopic (exact) mass is 128 g/mol. The molecule has 1 atom stereocenters. The number of rotatable bonds is 3. The van der Waals surface area contributed by atoms with Crippen LogP contribution in [0.3, 0.4) is 0 Å². The van der Waals surface area contributed by atoms with Gasteiger partial charge in [-0.1, -0.05) is 19.8 Å². The van der Waals surface area contributed by atoms with Crippen molar-refractivity contribution < 1.29 is 0 Å². The number of nitrogens with one attached hydrogen (secondary N) is 2. The van der Waals surface area contributed by atoms with Crippen molar-refractivity contribution in [1.82, 2.24) is 10.6 Å². The Morgan fingerprint density at radius 1 is 1.56 bits per heavy atom. The van der Waals surface area contributed by atoms with Crippen LogP contribution in [-0.4, -0.2) is 19.3 Å². The Labute approximate surface area is 57.0 Å². The lowest BCUT2D eigenvalue weighted by atomic mass is 10.1. The quantitative estimate of drug-likeness (QED) is 0.584. The second-order valence-electron chi connectivity index (χ2n) is 2.67. The first-order valence-corrected chi connectivity index (χ1v) is 3.87. The largest absolute Gasteiger partial charge is 0.303 e. The van der Waals surface area contributed by atoms with Gasteiger partial charge in [-0.15, -0.1) is 0 Å². The molecule has 0 amide bonds. The van der Waals surface area contributed by atoms with E-state index in [9.17, 15) is 0 Å². The van der Waals surface area contributed by atoms with Crippen LogP contribution in [0.15, 0.2) is 0 Å². The van der Waals surface area contributed by atoms with Gasteiger partial charge in [0.25, 0.3) is 0 Å². The highest BCUT2D eigenvalue weighted by atomic mass is 15.2. The third-order valence-corrected chi connectivity index (χ3v) is 1.81. The third-order valence-electron chi connectivity index (χ3n) is 1.81. The smallest absolute Gasteiger partial charge is 0.0457 e. The fourth-order valence-electron chi connectivity index (χ4n) is 1.19. The van der Waals surface area contributed by atoms with E-state index in [0.29, 0.717) is 0 Å². The molecule has 0 aromatic carbocycles. The Hall–Kier alpha value is -0.0800. The summed E-state index contributed by atoms with van der Waals surface area (Å²) in [5, 5.41) is 6.65. The number of unbranched alkanes of at least 4 members (excludes halogenated alkanes) is 1. The lowest BCUT2D eigenvalue weighted by Crippen LogP contribution is -2.22. The Balaban J connectivity index is 1.98. The van der Waals surface area contributed by atoms with Gasteiger partial charge in [0.05, 0.1) is 0 Å². The van der Waals surface area contributed by atoms with E-state index in [1.54, 1.807) is 0 Å². The van der Waals surface area contributed by atoms with Crippen molar-refractivity contribution >= 4 is 0 Å². The molecule has 1 rings (SSSR count). The van der Waals surface area contributed by atoms with Crippen molar-refractivity contribution in [3.63, 3.8) is 0 Å². The van der Waals surface area contributed by atoms with Crippen molar-refractivity contribution in [1.29, 1.82) is 0 Å². The fraction of sp³-hybridized carbons (Fsp3) is 1.00. The topological polar surface area (TPSA) is 24.1 Å². The predicted octanol–water partition coefficient (Wildman–Crippen LogP) is 0.696. The summed E-state index contributed by atoms with van der Waals surface area (Å²) in [6.45, 7) is 4.41. The van der Waals surface area contributed by atoms with Gasteiger partial charge in [-0.25, -0.2) is 0 Å². The lowest BCUT2D eigenvalue weighted by molar-refractivity contribution is 0.551. The van der Waals surface area contributed by atoms with E-state index >= 15 is 0 Å². The molecule has 1 unspecified atom stereocenters.